The zero-order valence-electron chi connectivity index (χ0n) is 14.7. The second kappa shape index (κ2) is 9.10. The molecular weight excluding hydrogens is 358 g/mol. The molecule has 0 bridgehead atoms. The molecule has 138 valence electrons. The van der Waals surface area contributed by atoms with Crippen LogP contribution in [-0.2, 0) is 9.53 Å². The zero-order valence-corrected chi connectivity index (χ0v) is 15.5. The van der Waals surface area contributed by atoms with Crippen LogP contribution in [0.15, 0.2) is 42.5 Å². The number of amides is 1. The standard InChI is InChI=1S/C19H20ClNO5/c1-4-25-19(23)13-6-5-7-15(10-13)26-12(2)18(22)21-14-8-9-17(24-3)16(20)11-14/h5-12H,4H2,1-3H3,(H,21,22)/t12-/m1/s1. The van der Waals surface area contributed by atoms with Gasteiger partial charge < -0.3 is 19.5 Å². The van der Waals surface area contributed by atoms with Crippen LogP contribution < -0.4 is 14.8 Å². The molecule has 2 rings (SSSR count). The number of ether oxygens (including phenoxy) is 3. The van der Waals surface area contributed by atoms with Crippen molar-refractivity contribution < 1.29 is 23.8 Å². The Morgan fingerprint density at radius 3 is 2.62 bits per heavy atom. The fourth-order valence-electron chi connectivity index (χ4n) is 2.16. The minimum Gasteiger partial charge on any atom is -0.495 e. The SMILES string of the molecule is CCOC(=O)c1cccc(O[C@H](C)C(=O)Nc2ccc(OC)c(Cl)c2)c1. The monoisotopic (exact) mass is 377 g/mol. The van der Waals surface area contributed by atoms with Gasteiger partial charge in [0.2, 0.25) is 0 Å². The lowest BCUT2D eigenvalue weighted by molar-refractivity contribution is -0.122. The number of halogens is 1. The Morgan fingerprint density at radius 2 is 1.96 bits per heavy atom. The summed E-state index contributed by atoms with van der Waals surface area (Å²) in [6, 6.07) is 11.4. The van der Waals surface area contributed by atoms with Crippen LogP contribution in [0.4, 0.5) is 5.69 Å². The average molecular weight is 378 g/mol. The molecule has 1 atom stereocenters. The molecule has 2 aromatic rings. The van der Waals surface area contributed by atoms with Crippen molar-refractivity contribution in [2.24, 2.45) is 0 Å². The van der Waals surface area contributed by atoms with E-state index in [1.54, 1.807) is 50.2 Å². The summed E-state index contributed by atoms with van der Waals surface area (Å²) in [5.41, 5.74) is 0.885. The van der Waals surface area contributed by atoms with Crippen LogP contribution in [0.25, 0.3) is 0 Å². The number of carbonyl (C=O) groups excluding carboxylic acids is 2. The molecule has 0 radical (unpaired) electrons. The van der Waals surface area contributed by atoms with Crippen LogP contribution in [-0.4, -0.2) is 31.7 Å². The predicted octanol–water partition coefficient (Wildman–Crippen LogP) is 3.93. The summed E-state index contributed by atoms with van der Waals surface area (Å²) in [6.07, 6.45) is -0.784. The van der Waals surface area contributed by atoms with Crippen LogP contribution >= 0.6 is 11.6 Å². The molecule has 26 heavy (non-hydrogen) atoms. The van der Waals surface area contributed by atoms with E-state index in [-0.39, 0.29) is 12.5 Å². The van der Waals surface area contributed by atoms with Crippen molar-refractivity contribution >= 4 is 29.2 Å². The molecule has 0 aliphatic heterocycles. The molecule has 1 N–H and O–H groups in total. The highest BCUT2D eigenvalue weighted by Crippen LogP contribution is 2.27. The average Bonchev–Trinajstić information content (AvgIpc) is 2.62. The molecular formula is C19H20ClNO5. The van der Waals surface area contributed by atoms with Gasteiger partial charge in [-0.3, -0.25) is 4.79 Å². The topological polar surface area (TPSA) is 73.9 Å². The third-order valence-corrected chi connectivity index (χ3v) is 3.74. The van der Waals surface area contributed by atoms with Gasteiger partial charge in [0.1, 0.15) is 11.5 Å². The summed E-state index contributed by atoms with van der Waals surface area (Å²) < 4.78 is 15.6. The number of anilines is 1. The molecule has 0 aromatic heterocycles. The van der Waals surface area contributed by atoms with Crippen molar-refractivity contribution in [1.29, 1.82) is 0 Å². The first kappa shape index (κ1) is 19.6. The van der Waals surface area contributed by atoms with Gasteiger partial charge in [-0.05, 0) is 50.2 Å². The summed E-state index contributed by atoms with van der Waals surface area (Å²) in [5, 5.41) is 3.11. The highest BCUT2D eigenvalue weighted by atomic mass is 35.5. The fraction of sp³-hybridized carbons (Fsp3) is 0.263. The maximum absolute atomic E-state index is 12.3. The molecule has 0 fully saturated rings. The molecule has 0 spiro atoms. The van der Waals surface area contributed by atoms with Crippen LogP contribution in [0.2, 0.25) is 5.02 Å². The lowest BCUT2D eigenvalue weighted by Crippen LogP contribution is -2.30. The molecule has 7 heteroatoms. The van der Waals surface area contributed by atoms with E-state index in [1.165, 1.54) is 13.2 Å². The van der Waals surface area contributed by atoms with Gasteiger partial charge in [-0.1, -0.05) is 17.7 Å². The van der Waals surface area contributed by atoms with Crippen LogP contribution in [0.3, 0.4) is 0 Å². The van der Waals surface area contributed by atoms with Gasteiger partial charge in [0.25, 0.3) is 5.91 Å². The second-order valence-electron chi connectivity index (χ2n) is 5.35. The van der Waals surface area contributed by atoms with Gasteiger partial charge in [0, 0.05) is 5.69 Å². The summed E-state index contributed by atoms with van der Waals surface area (Å²) >= 11 is 6.04. The number of benzene rings is 2. The third-order valence-electron chi connectivity index (χ3n) is 3.45. The summed E-state index contributed by atoms with van der Waals surface area (Å²) in [4.78, 5) is 24.1. The van der Waals surface area contributed by atoms with E-state index < -0.39 is 12.1 Å². The number of methoxy groups -OCH3 is 1. The number of nitrogens with one attached hydrogen (secondary N) is 1. The number of rotatable bonds is 7. The van der Waals surface area contributed by atoms with Gasteiger partial charge in [-0.15, -0.1) is 0 Å². The molecule has 0 aliphatic rings. The fourth-order valence-corrected chi connectivity index (χ4v) is 2.41. The highest BCUT2D eigenvalue weighted by Gasteiger charge is 2.16. The zero-order chi connectivity index (χ0) is 19.1. The Hall–Kier alpha value is -2.73. The lowest BCUT2D eigenvalue weighted by atomic mass is 10.2. The maximum atomic E-state index is 12.3. The van der Waals surface area contributed by atoms with Crippen molar-refractivity contribution in [3.8, 4) is 11.5 Å². The second-order valence-corrected chi connectivity index (χ2v) is 5.75. The van der Waals surface area contributed by atoms with E-state index in [2.05, 4.69) is 5.32 Å². The number of hydrogen-bond donors (Lipinski definition) is 1. The molecule has 0 aliphatic carbocycles. The van der Waals surface area contributed by atoms with Crippen molar-refractivity contribution in [1.82, 2.24) is 0 Å². The van der Waals surface area contributed by atoms with E-state index in [9.17, 15) is 9.59 Å². The van der Waals surface area contributed by atoms with E-state index >= 15 is 0 Å². The van der Waals surface area contributed by atoms with Crippen LogP contribution in [0, 0.1) is 0 Å². The largest absolute Gasteiger partial charge is 0.495 e. The molecule has 0 saturated carbocycles. The maximum Gasteiger partial charge on any atom is 0.338 e. The Bertz CT molecular complexity index is 793. The summed E-state index contributed by atoms with van der Waals surface area (Å²) in [6.45, 7) is 3.63. The number of carbonyl (C=O) groups is 2. The Kier molecular flexibility index (Phi) is 6.86. The van der Waals surface area contributed by atoms with Crippen molar-refractivity contribution in [3.05, 3.63) is 53.1 Å². The van der Waals surface area contributed by atoms with Crippen molar-refractivity contribution in [2.45, 2.75) is 20.0 Å². The summed E-state index contributed by atoms with van der Waals surface area (Å²) in [7, 11) is 1.51. The van der Waals surface area contributed by atoms with Crippen molar-refractivity contribution in [3.63, 3.8) is 0 Å². The Balaban J connectivity index is 2.02. The first-order valence-electron chi connectivity index (χ1n) is 8.02. The van der Waals surface area contributed by atoms with Gasteiger partial charge in [0.05, 0.1) is 24.3 Å². The van der Waals surface area contributed by atoms with Crippen LogP contribution in [0.5, 0.6) is 11.5 Å². The van der Waals surface area contributed by atoms with Gasteiger partial charge in [0.15, 0.2) is 6.10 Å². The highest BCUT2D eigenvalue weighted by molar-refractivity contribution is 6.32. The van der Waals surface area contributed by atoms with Crippen molar-refractivity contribution in [2.75, 3.05) is 19.0 Å². The molecule has 1 amide bonds. The molecule has 2 aromatic carbocycles. The quantitative estimate of drug-likeness (QED) is 0.740. The normalized spacial score (nSPS) is 11.4. The van der Waals surface area contributed by atoms with E-state index in [4.69, 9.17) is 25.8 Å². The van der Waals surface area contributed by atoms with E-state index in [0.29, 0.717) is 27.8 Å². The summed E-state index contributed by atoms with van der Waals surface area (Å²) in [5.74, 6) is 0.117. The van der Waals surface area contributed by atoms with Gasteiger partial charge in [-0.2, -0.15) is 0 Å². The number of hydrogen-bond acceptors (Lipinski definition) is 5. The number of esters is 1. The van der Waals surface area contributed by atoms with Gasteiger partial charge in [-0.25, -0.2) is 4.79 Å². The first-order chi connectivity index (χ1) is 12.4. The molecule has 0 saturated heterocycles. The minimum atomic E-state index is -0.784. The van der Waals surface area contributed by atoms with Gasteiger partial charge >= 0.3 is 5.97 Å². The molecule has 0 heterocycles. The van der Waals surface area contributed by atoms with Crippen LogP contribution in [0.1, 0.15) is 24.2 Å². The minimum absolute atomic E-state index is 0.285. The van der Waals surface area contributed by atoms with E-state index in [0.717, 1.165) is 0 Å². The Labute approximate surface area is 157 Å². The molecule has 0 unspecified atom stereocenters. The predicted molar refractivity (Wildman–Crippen MR) is 99.1 cm³/mol. The Morgan fingerprint density at radius 1 is 1.19 bits per heavy atom. The smallest absolute Gasteiger partial charge is 0.338 e. The lowest BCUT2D eigenvalue weighted by Gasteiger charge is -2.15. The third kappa shape index (κ3) is 5.13. The van der Waals surface area contributed by atoms with E-state index in [1.807, 2.05) is 0 Å². The molecule has 6 nitrogen and oxygen atoms in total. The first-order valence-corrected chi connectivity index (χ1v) is 8.40.